The topological polar surface area (TPSA) is 146 Å². The molecule has 1 fully saturated rings. The molecule has 1 saturated heterocycles. The number of rotatable bonds is 7. The molecule has 29 heavy (non-hydrogen) atoms. The minimum atomic E-state index is -1.50. The lowest BCUT2D eigenvalue weighted by Crippen LogP contribution is -2.60. The van der Waals surface area contributed by atoms with E-state index in [0.29, 0.717) is 17.6 Å². The maximum absolute atomic E-state index is 12.0. The number of carbonyl (C=O) groups is 1. The summed E-state index contributed by atoms with van der Waals surface area (Å²) < 4.78 is 15.9. The molecular formula is C20H26O9. The molecule has 0 aliphatic carbocycles. The third-order valence-corrected chi connectivity index (χ3v) is 4.52. The Morgan fingerprint density at radius 3 is 2.55 bits per heavy atom. The average molecular weight is 410 g/mol. The van der Waals surface area contributed by atoms with Crippen LogP contribution in [0.5, 0.6) is 11.5 Å². The second-order valence-corrected chi connectivity index (χ2v) is 6.58. The average Bonchev–Trinajstić information content (AvgIpc) is 2.71. The molecule has 1 heterocycles. The molecule has 9 heteroatoms. The van der Waals surface area contributed by atoms with Gasteiger partial charge in [0.1, 0.15) is 12.2 Å². The van der Waals surface area contributed by atoms with Crippen LogP contribution < -0.4 is 0 Å². The van der Waals surface area contributed by atoms with Gasteiger partial charge in [0, 0.05) is 5.57 Å². The summed E-state index contributed by atoms with van der Waals surface area (Å²) >= 11 is 0. The molecule has 0 radical (unpaired) electrons. The zero-order valence-corrected chi connectivity index (χ0v) is 16.1. The van der Waals surface area contributed by atoms with Crippen LogP contribution in [0, 0.1) is 0 Å². The SMILES string of the molecule is CC=C(C)C(=O)OC1C(O)C(CO)OC(OC=CCc2ccc(O)c(O)c2)C1O. The number of allylic oxidation sites excluding steroid dienone is 2. The Hall–Kier alpha value is -2.59. The predicted molar refractivity (Wildman–Crippen MR) is 101 cm³/mol. The highest BCUT2D eigenvalue weighted by molar-refractivity contribution is 5.87. The molecule has 0 saturated carbocycles. The van der Waals surface area contributed by atoms with Crippen molar-refractivity contribution < 1.29 is 44.5 Å². The van der Waals surface area contributed by atoms with Crippen molar-refractivity contribution in [1.29, 1.82) is 0 Å². The maximum Gasteiger partial charge on any atom is 0.333 e. The number of aliphatic hydroxyl groups is 3. The zero-order chi connectivity index (χ0) is 21.6. The number of hydrogen-bond acceptors (Lipinski definition) is 9. The highest BCUT2D eigenvalue weighted by Crippen LogP contribution is 2.26. The Balaban J connectivity index is 2.02. The van der Waals surface area contributed by atoms with Crippen molar-refractivity contribution in [3.05, 3.63) is 47.7 Å². The number of benzene rings is 1. The Labute approximate surface area is 168 Å². The molecule has 0 spiro atoms. The van der Waals surface area contributed by atoms with Crippen LogP contribution in [0.25, 0.3) is 0 Å². The molecule has 9 nitrogen and oxygen atoms in total. The molecule has 5 unspecified atom stereocenters. The van der Waals surface area contributed by atoms with Crippen molar-refractivity contribution in [2.45, 2.75) is 51.0 Å². The lowest BCUT2D eigenvalue weighted by molar-refractivity contribution is -0.290. The normalized spacial score (nSPS) is 27.8. The Bertz CT molecular complexity index is 758. The quantitative estimate of drug-likeness (QED) is 0.188. The van der Waals surface area contributed by atoms with E-state index in [1.165, 1.54) is 31.4 Å². The molecule has 5 N–H and O–H groups in total. The smallest absolute Gasteiger partial charge is 0.333 e. The molecule has 1 aromatic carbocycles. The fraction of sp³-hybridized carbons (Fsp3) is 0.450. The van der Waals surface area contributed by atoms with E-state index in [1.54, 1.807) is 19.1 Å². The number of carbonyl (C=O) groups excluding carboxylic acids is 1. The maximum atomic E-state index is 12.0. The Morgan fingerprint density at radius 2 is 1.93 bits per heavy atom. The van der Waals surface area contributed by atoms with E-state index >= 15 is 0 Å². The summed E-state index contributed by atoms with van der Waals surface area (Å²) in [6.45, 7) is 2.61. The molecule has 2 rings (SSSR count). The van der Waals surface area contributed by atoms with Gasteiger partial charge in [0.15, 0.2) is 23.7 Å². The van der Waals surface area contributed by atoms with Gasteiger partial charge in [-0.25, -0.2) is 4.79 Å². The third kappa shape index (κ3) is 5.70. The van der Waals surface area contributed by atoms with Gasteiger partial charge in [-0.05, 0) is 44.0 Å². The van der Waals surface area contributed by atoms with Crippen LogP contribution in [0.15, 0.2) is 42.2 Å². The van der Waals surface area contributed by atoms with Crippen LogP contribution in [0.2, 0.25) is 0 Å². The molecule has 1 aliphatic rings. The monoisotopic (exact) mass is 410 g/mol. The minimum Gasteiger partial charge on any atom is -0.504 e. The van der Waals surface area contributed by atoms with Gasteiger partial charge >= 0.3 is 5.97 Å². The van der Waals surface area contributed by atoms with Crippen molar-refractivity contribution >= 4 is 5.97 Å². The highest BCUT2D eigenvalue weighted by atomic mass is 16.7. The van der Waals surface area contributed by atoms with Gasteiger partial charge in [0.2, 0.25) is 6.29 Å². The first kappa shape index (κ1) is 22.7. The number of hydrogen-bond donors (Lipinski definition) is 5. The van der Waals surface area contributed by atoms with Gasteiger partial charge in [0.25, 0.3) is 0 Å². The summed E-state index contributed by atoms with van der Waals surface area (Å²) in [6, 6.07) is 4.36. The number of esters is 1. The summed E-state index contributed by atoms with van der Waals surface area (Å²) in [5.74, 6) is -1.19. The summed E-state index contributed by atoms with van der Waals surface area (Å²) in [5.41, 5.74) is 0.994. The van der Waals surface area contributed by atoms with Crippen LogP contribution >= 0.6 is 0 Å². The summed E-state index contributed by atoms with van der Waals surface area (Å²) in [5, 5.41) is 48.8. The van der Waals surface area contributed by atoms with Gasteiger partial charge < -0.3 is 39.7 Å². The van der Waals surface area contributed by atoms with Crippen LogP contribution in [0.3, 0.4) is 0 Å². The van der Waals surface area contributed by atoms with E-state index in [9.17, 15) is 30.3 Å². The van der Waals surface area contributed by atoms with Crippen molar-refractivity contribution in [2.24, 2.45) is 0 Å². The zero-order valence-electron chi connectivity index (χ0n) is 16.1. The predicted octanol–water partition coefficient (Wildman–Crippen LogP) is 0.488. The third-order valence-electron chi connectivity index (χ3n) is 4.52. The van der Waals surface area contributed by atoms with Crippen molar-refractivity contribution in [1.82, 2.24) is 0 Å². The fourth-order valence-electron chi connectivity index (χ4n) is 2.65. The molecule has 0 bridgehead atoms. The van der Waals surface area contributed by atoms with Crippen LogP contribution in [0.1, 0.15) is 19.4 Å². The van der Waals surface area contributed by atoms with Crippen molar-refractivity contribution in [3.8, 4) is 11.5 Å². The summed E-state index contributed by atoms with van der Waals surface area (Å²) in [7, 11) is 0. The van der Waals surface area contributed by atoms with E-state index in [0.717, 1.165) is 0 Å². The molecule has 1 aromatic rings. The van der Waals surface area contributed by atoms with Gasteiger partial charge in [-0.1, -0.05) is 12.1 Å². The molecule has 160 valence electrons. The second-order valence-electron chi connectivity index (χ2n) is 6.58. The molecule has 1 aliphatic heterocycles. The first-order chi connectivity index (χ1) is 13.8. The number of phenols is 2. The fourth-order valence-corrected chi connectivity index (χ4v) is 2.65. The summed E-state index contributed by atoms with van der Waals surface area (Å²) in [4.78, 5) is 12.0. The molecule has 5 atom stereocenters. The Kier molecular flexibility index (Phi) is 8.03. The lowest BCUT2D eigenvalue weighted by Gasteiger charge is -2.40. The standard InChI is InChI=1S/C20H26O9/c1-3-11(2)19(26)29-18-16(24)15(10-21)28-20(17(18)25)27-8-4-5-12-6-7-13(22)14(23)9-12/h3-4,6-9,15-18,20-25H,5,10H2,1-2H3. The van der Waals surface area contributed by atoms with E-state index in [4.69, 9.17) is 14.2 Å². The number of ether oxygens (including phenoxy) is 3. The van der Waals surface area contributed by atoms with Gasteiger partial charge in [0.05, 0.1) is 12.9 Å². The van der Waals surface area contributed by atoms with E-state index in [2.05, 4.69) is 0 Å². The first-order valence-electron chi connectivity index (χ1n) is 9.06. The highest BCUT2D eigenvalue weighted by Gasteiger charge is 2.47. The van der Waals surface area contributed by atoms with E-state index in [1.807, 2.05) is 0 Å². The number of aliphatic hydroxyl groups excluding tert-OH is 3. The first-order valence-corrected chi connectivity index (χ1v) is 9.06. The lowest BCUT2D eigenvalue weighted by atomic mass is 9.99. The van der Waals surface area contributed by atoms with Gasteiger partial charge in [-0.2, -0.15) is 0 Å². The molecule has 0 amide bonds. The van der Waals surface area contributed by atoms with Crippen LogP contribution in [-0.4, -0.2) is 68.8 Å². The van der Waals surface area contributed by atoms with Crippen LogP contribution in [0.4, 0.5) is 0 Å². The van der Waals surface area contributed by atoms with Gasteiger partial charge in [-0.15, -0.1) is 0 Å². The molecular weight excluding hydrogens is 384 g/mol. The van der Waals surface area contributed by atoms with E-state index in [-0.39, 0.29) is 11.5 Å². The second kappa shape index (κ2) is 10.3. The van der Waals surface area contributed by atoms with Crippen LogP contribution in [-0.2, 0) is 25.4 Å². The molecule has 0 aromatic heterocycles. The largest absolute Gasteiger partial charge is 0.504 e. The van der Waals surface area contributed by atoms with Crippen molar-refractivity contribution in [3.63, 3.8) is 0 Å². The summed E-state index contributed by atoms with van der Waals surface area (Å²) in [6.07, 6.45) is -1.99. The number of aromatic hydroxyl groups is 2. The Morgan fingerprint density at radius 1 is 1.21 bits per heavy atom. The minimum absolute atomic E-state index is 0.227. The van der Waals surface area contributed by atoms with Crippen molar-refractivity contribution in [2.75, 3.05) is 6.61 Å². The number of phenolic OH excluding ortho intramolecular Hbond substituents is 2. The van der Waals surface area contributed by atoms with E-state index < -0.39 is 43.3 Å². The van der Waals surface area contributed by atoms with Gasteiger partial charge in [-0.3, -0.25) is 0 Å².